The van der Waals surface area contributed by atoms with Gasteiger partial charge in [-0.05, 0) is 27.3 Å². The fourth-order valence-corrected chi connectivity index (χ4v) is 2.12. The van der Waals surface area contributed by atoms with E-state index in [4.69, 9.17) is 10.8 Å². The van der Waals surface area contributed by atoms with Gasteiger partial charge in [-0.3, -0.25) is 9.48 Å². The van der Waals surface area contributed by atoms with Crippen molar-refractivity contribution in [2.45, 2.75) is 39.7 Å². The minimum Gasteiger partial charge on any atom is -0.481 e. The van der Waals surface area contributed by atoms with Crippen molar-refractivity contribution in [3.8, 4) is 0 Å². The molecule has 0 radical (unpaired) electrons. The second-order valence-electron chi connectivity index (χ2n) is 3.93. The van der Waals surface area contributed by atoms with Gasteiger partial charge >= 0.3 is 5.97 Å². The summed E-state index contributed by atoms with van der Waals surface area (Å²) in [6.45, 7) is 7.00. The minimum absolute atomic E-state index is 0.0631. The molecule has 0 spiro atoms. The fraction of sp³-hybridized carbons (Fsp3) is 0.636. The van der Waals surface area contributed by atoms with Crippen LogP contribution < -0.4 is 5.73 Å². The lowest BCUT2D eigenvalue weighted by Crippen LogP contribution is -2.17. The first kappa shape index (κ1) is 12.7. The van der Waals surface area contributed by atoms with E-state index in [1.54, 1.807) is 0 Å². The molecule has 5 nitrogen and oxygen atoms in total. The Labute approximate surface area is 95.3 Å². The van der Waals surface area contributed by atoms with Crippen molar-refractivity contribution in [1.29, 1.82) is 0 Å². The molecule has 0 aliphatic heterocycles. The van der Waals surface area contributed by atoms with Crippen molar-refractivity contribution in [3.63, 3.8) is 0 Å². The summed E-state index contributed by atoms with van der Waals surface area (Å²) in [5.74, 6) is -0.962. The third kappa shape index (κ3) is 2.41. The van der Waals surface area contributed by atoms with Crippen molar-refractivity contribution in [3.05, 3.63) is 17.0 Å². The van der Waals surface area contributed by atoms with E-state index in [9.17, 15) is 4.79 Å². The highest BCUT2D eigenvalue weighted by Gasteiger charge is 2.21. The number of rotatable bonds is 5. The number of nitrogens with two attached hydrogens (primary N) is 1. The van der Waals surface area contributed by atoms with E-state index in [1.165, 1.54) is 0 Å². The van der Waals surface area contributed by atoms with E-state index in [0.717, 1.165) is 23.5 Å². The van der Waals surface area contributed by atoms with Crippen LogP contribution in [0.3, 0.4) is 0 Å². The zero-order valence-corrected chi connectivity index (χ0v) is 10.0. The lowest BCUT2D eigenvalue weighted by atomic mass is 9.94. The van der Waals surface area contributed by atoms with E-state index in [1.807, 2.05) is 25.5 Å². The predicted molar refractivity (Wildman–Crippen MR) is 61.4 cm³/mol. The van der Waals surface area contributed by atoms with Gasteiger partial charge in [0.25, 0.3) is 0 Å². The molecule has 1 atom stereocenters. The van der Waals surface area contributed by atoms with E-state index >= 15 is 0 Å². The molecule has 0 bridgehead atoms. The number of hydrogen-bond donors (Lipinski definition) is 2. The standard InChI is InChI=1S/C11H19N3O2/c1-4-14-8(3)11(7(2)13-14)9(6-12)5-10(15)16/h9H,4-6,12H2,1-3H3,(H,15,16). The number of carboxylic acids is 1. The number of aromatic nitrogens is 2. The van der Waals surface area contributed by atoms with Gasteiger partial charge in [-0.25, -0.2) is 0 Å². The Morgan fingerprint density at radius 1 is 1.56 bits per heavy atom. The molecule has 1 unspecified atom stereocenters. The molecule has 0 aliphatic rings. The lowest BCUT2D eigenvalue weighted by molar-refractivity contribution is -0.137. The topological polar surface area (TPSA) is 81.1 Å². The normalized spacial score (nSPS) is 12.8. The van der Waals surface area contributed by atoms with Crippen LogP contribution >= 0.6 is 0 Å². The average molecular weight is 225 g/mol. The first-order chi connectivity index (χ1) is 7.51. The summed E-state index contributed by atoms with van der Waals surface area (Å²) in [5.41, 5.74) is 8.54. The molecule has 3 N–H and O–H groups in total. The number of aryl methyl sites for hydroxylation is 2. The van der Waals surface area contributed by atoms with E-state index in [-0.39, 0.29) is 12.3 Å². The minimum atomic E-state index is -0.821. The van der Waals surface area contributed by atoms with Gasteiger partial charge in [0.05, 0.1) is 12.1 Å². The maximum Gasteiger partial charge on any atom is 0.304 e. The highest BCUT2D eigenvalue weighted by molar-refractivity contribution is 5.68. The smallest absolute Gasteiger partial charge is 0.304 e. The third-order valence-corrected chi connectivity index (χ3v) is 2.85. The van der Waals surface area contributed by atoms with Crippen LogP contribution in [0.15, 0.2) is 0 Å². The van der Waals surface area contributed by atoms with Crippen molar-refractivity contribution < 1.29 is 9.90 Å². The molecule has 0 amide bonds. The van der Waals surface area contributed by atoms with Crippen molar-refractivity contribution in [2.24, 2.45) is 5.73 Å². The first-order valence-electron chi connectivity index (χ1n) is 5.47. The molecule has 0 aliphatic carbocycles. The second-order valence-corrected chi connectivity index (χ2v) is 3.93. The summed E-state index contributed by atoms with van der Waals surface area (Å²) in [7, 11) is 0. The van der Waals surface area contributed by atoms with Gasteiger partial charge in [0.1, 0.15) is 0 Å². The monoisotopic (exact) mass is 225 g/mol. The average Bonchev–Trinajstić information content (AvgIpc) is 2.50. The Hall–Kier alpha value is -1.36. The highest BCUT2D eigenvalue weighted by atomic mass is 16.4. The Balaban J connectivity index is 3.09. The number of hydrogen-bond acceptors (Lipinski definition) is 3. The molecule has 1 aromatic heterocycles. The van der Waals surface area contributed by atoms with Crippen molar-refractivity contribution in [2.75, 3.05) is 6.54 Å². The zero-order chi connectivity index (χ0) is 12.3. The molecular weight excluding hydrogens is 206 g/mol. The molecule has 1 heterocycles. The number of aliphatic carboxylic acids is 1. The molecule has 5 heteroatoms. The molecule has 0 saturated carbocycles. The quantitative estimate of drug-likeness (QED) is 0.784. The molecule has 16 heavy (non-hydrogen) atoms. The predicted octanol–water partition coefficient (Wildman–Crippen LogP) is 1.04. The van der Waals surface area contributed by atoms with Crippen LogP contribution in [0.25, 0.3) is 0 Å². The van der Waals surface area contributed by atoms with Crippen LogP contribution in [-0.2, 0) is 11.3 Å². The summed E-state index contributed by atoms with van der Waals surface area (Å²) >= 11 is 0. The second kappa shape index (κ2) is 5.12. The molecule has 0 saturated heterocycles. The van der Waals surface area contributed by atoms with Crippen LogP contribution in [-0.4, -0.2) is 27.4 Å². The molecule has 0 aromatic carbocycles. The molecule has 1 aromatic rings. The molecule has 1 rings (SSSR count). The van der Waals surface area contributed by atoms with Gasteiger partial charge in [-0.15, -0.1) is 0 Å². The van der Waals surface area contributed by atoms with Crippen LogP contribution in [0.2, 0.25) is 0 Å². The van der Waals surface area contributed by atoms with Gasteiger partial charge in [0.15, 0.2) is 0 Å². The van der Waals surface area contributed by atoms with Gasteiger partial charge in [-0.1, -0.05) is 0 Å². The molecule has 90 valence electrons. The van der Waals surface area contributed by atoms with Crippen molar-refractivity contribution >= 4 is 5.97 Å². The van der Waals surface area contributed by atoms with Crippen molar-refractivity contribution in [1.82, 2.24) is 9.78 Å². The number of carbonyl (C=O) groups is 1. The van der Waals surface area contributed by atoms with Crippen LogP contribution in [0, 0.1) is 13.8 Å². The maximum absolute atomic E-state index is 10.8. The van der Waals surface area contributed by atoms with E-state index < -0.39 is 5.97 Å². The summed E-state index contributed by atoms with van der Waals surface area (Å²) in [5, 5.41) is 13.2. The zero-order valence-electron chi connectivity index (χ0n) is 10.0. The molecule has 0 fully saturated rings. The summed E-state index contributed by atoms with van der Waals surface area (Å²) in [4.78, 5) is 10.8. The maximum atomic E-state index is 10.8. The van der Waals surface area contributed by atoms with E-state index in [0.29, 0.717) is 6.54 Å². The van der Waals surface area contributed by atoms with Gasteiger partial charge in [-0.2, -0.15) is 5.10 Å². The van der Waals surface area contributed by atoms with Gasteiger partial charge in [0.2, 0.25) is 0 Å². The number of nitrogens with zero attached hydrogens (tertiary/aromatic N) is 2. The van der Waals surface area contributed by atoms with Crippen LogP contribution in [0.4, 0.5) is 0 Å². The Morgan fingerprint density at radius 3 is 2.56 bits per heavy atom. The van der Waals surface area contributed by atoms with Gasteiger partial charge in [0, 0.05) is 23.7 Å². The Kier molecular flexibility index (Phi) is 4.06. The van der Waals surface area contributed by atoms with Gasteiger partial charge < -0.3 is 10.8 Å². The van der Waals surface area contributed by atoms with Crippen LogP contribution in [0.1, 0.15) is 36.2 Å². The SMILES string of the molecule is CCn1nc(C)c(C(CN)CC(=O)O)c1C. The fourth-order valence-electron chi connectivity index (χ4n) is 2.12. The molecular formula is C11H19N3O2. The van der Waals surface area contributed by atoms with Crippen LogP contribution in [0.5, 0.6) is 0 Å². The summed E-state index contributed by atoms with van der Waals surface area (Å²) in [6.07, 6.45) is 0.0631. The first-order valence-corrected chi connectivity index (χ1v) is 5.47. The largest absolute Gasteiger partial charge is 0.481 e. The Morgan fingerprint density at radius 2 is 2.19 bits per heavy atom. The third-order valence-electron chi connectivity index (χ3n) is 2.85. The summed E-state index contributed by atoms with van der Waals surface area (Å²) in [6, 6.07) is 0. The van der Waals surface area contributed by atoms with E-state index in [2.05, 4.69) is 5.10 Å². The summed E-state index contributed by atoms with van der Waals surface area (Å²) < 4.78 is 1.88. The Bertz CT molecular complexity index is 385. The highest BCUT2D eigenvalue weighted by Crippen LogP contribution is 2.25. The lowest BCUT2D eigenvalue weighted by Gasteiger charge is -2.13. The number of carboxylic acid groups (broad SMARTS) is 1.